The summed E-state index contributed by atoms with van der Waals surface area (Å²) in [6.07, 6.45) is 0.129. The monoisotopic (exact) mass is 406 g/mol. The number of sulfonamides is 1. The molecule has 1 N–H and O–H groups in total. The van der Waals surface area contributed by atoms with Crippen LogP contribution in [0.25, 0.3) is 0 Å². The molecule has 5 nitrogen and oxygen atoms in total. The molecule has 2 rings (SSSR count). The second-order valence-electron chi connectivity index (χ2n) is 5.20. The van der Waals surface area contributed by atoms with E-state index >= 15 is 0 Å². The predicted octanol–water partition coefficient (Wildman–Crippen LogP) is 3.16. The average molecular weight is 407 g/mol. The van der Waals surface area contributed by atoms with Gasteiger partial charge in [-0.25, -0.2) is 12.7 Å². The van der Waals surface area contributed by atoms with Crippen molar-refractivity contribution in [2.45, 2.75) is 17.2 Å². The largest absolute Gasteiger partial charge is 0.351 e. The average Bonchev–Trinajstić information content (AvgIpc) is 2.97. The standard InChI is InChI=1S/C15H16Cl2N2O3S2/c1-19(2)24(21,22)15-6-5-12(23-15)9-18-14(20)7-10-3-4-11(16)8-13(10)17/h3-6,8H,7,9H2,1-2H3,(H,18,20). The van der Waals surface area contributed by atoms with Gasteiger partial charge in [0.25, 0.3) is 10.0 Å². The van der Waals surface area contributed by atoms with E-state index in [0.717, 1.165) is 20.5 Å². The number of nitrogens with one attached hydrogen (secondary N) is 1. The number of rotatable bonds is 6. The van der Waals surface area contributed by atoms with E-state index in [2.05, 4.69) is 5.32 Å². The SMILES string of the molecule is CN(C)S(=O)(=O)c1ccc(CNC(=O)Cc2ccc(Cl)cc2Cl)s1. The zero-order chi connectivity index (χ0) is 17.9. The second kappa shape index (κ2) is 7.84. The summed E-state index contributed by atoms with van der Waals surface area (Å²) in [6.45, 7) is 0.262. The zero-order valence-electron chi connectivity index (χ0n) is 13.0. The van der Waals surface area contributed by atoms with E-state index in [4.69, 9.17) is 23.2 Å². The van der Waals surface area contributed by atoms with Crippen molar-refractivity contribution in [3.05, 3.63) is 50.8 Å². The van der Waals surface area contributed by atoms with E-state index in [1.54, 1.807) is 24.3 Å². The molecule has 130 valence electrons. The molecule has 0 aliphatic heterocycles. The predicted molar refractivity (Wildman–Crippen MR) is 97.2 cm³/mol. The molecule has 9 heteroatoms. The molecule has 0 fully saturated rings. The highest BCUT2D eigenvalue weighted by molar-refractivity contribution is 7.91. The normalized spacial score (nSPS) is 11.7. The highest BCUT2D eigenvalue weighted by atomic mass is 35.5. The third kappa shape index (κ3) is 4.70. The summed E-state index contributed by atoms with van der Waals surface area (Å²) >= 11 is 13.0. The van der Waals surface area contributed by atoms with Gasteiger partial charge in [-0.3, -0.25) is 4.79 Å². The molecule has 0 aliphatic carbocycles. The molecule has 2 aromatic rings. The Morgan fingerprint density at radius 3 is 2.54 bits per heavy atom. The van der Waals surface area contributed by atoms with Crippen LogP contribution in [0.15, 0.2) is 34.5 Å². The van der Waals surface area contributed by atoms with Crippen LogP contribution >= 0.6 is 34.5 Å². The lowest BCUT2D eigenvalue weighted by atomic mass is 10.1. The maximum absolute atomic E-state index is 12.0. The Morgan fingerprint density at radius 2 is 1.92 bits per heavy atom. The maximum atomic E-state index is 12.0. The Balaban J connectivity index is 1.96. The number of benzene rings is 1. The highest BCUT2D eigenvalue weighted by Gasteiger charge is 2.19. The summed E-state index contributed by atoms with van der Waals surface area (Å²) in [5, 5.41) is 3.70. The van der Waals surface area contributed by atoms with E-state index < -0.39 is 10.0 Å². The van der Waals surface area contributed by atoms with Crippen molar-refractivity contribution in [2.24, 2.45) is 0 Å². The Bertz CT molecular complexity index is 848. The molecule has 0 unspecified atom stereocenters. The molecule has 0 bridgehead atoms. The van der Waals surface area contributed by atoms with Gasteiger partial charge in [0, 0.05) is 29.0 Å². The number of halogens is 2. The van der Waals surface area contributed by atoms with E-state index in [1.807, 2.05) is 0 Å². The molecule has 0 atom stereocenters. The van der Waals surface area contributed by atoms with Crippen LogP contribution in [0, 0.1) is 0 Å². The Labute approximate surface area is 155 Å². The number of carbonyl (C=O) groups is 1. The molecule has 1 aromatic carbocycles. The maximum Gasteiger partial charge on any atom is 0.252 e. The molecule has 0 radical (unpaired) electrons. The Morgan fingerprint density at radius 1 is 1.21 bits per heavy atom. The van der Waals surface area contributed by atoms with Gasteiger partial charge in [-0.05, 0) is 29.8 Å². The summed E-state index contributed by atoms with van der Waals surface area (Å²) < 4.78 is 25.4. The zero-order valence-corrected chi connectivity index (χ0v) is 16.2. The fourth-order valence-electron chi connectivity index (χ4n) is 1.86. The Hall–Kier alpha value is -1.12. The van der Waals surface area contributed by atoms with E-state index in [-0.39, 0.29) is 23.1 Å². The molecule has 24 heavy (non-hydrogen) atoms. The van der Waals surface area contributed by atoms with Crippen LogP contribution in [-0.2, 0) is 27.8 Å². The van der Waals surface area contributed by atoms with Crippen LogP contribution < -0.4 is 5.32 Å². The van der Waals surface area contributed by atoms with Gasteiger partial charge in [-0.15, -0.1) is 11.3 Å². The lowest BCUT2D eigenvalue weighted by Gasteiger charge is -2.08. The fraction of sp³-hybridized carbons (Fsp3) is 0.267. The lowest BCUT2D eigenvalue weighted by Crippen LogP contribution is -2.24. The van der Waals surface area contributed by atoms with Crippen molar-refractivity contribution in [1.29, 1.82) is 0 Å². The lowest BCUT2D eigenvalue weighted by molar-refractivity contribution is -0.120. The number of amides is 1. The van der Waals surface area contributed by atoms with E-state index in [0.29, 0.717) is 15.6 Å². The number of nitrogens with zero attached hydrogens (tertiary/aromatic N) is 1. The van der Waals surface area contributed by atoms with Gasteiger partial charge in [0.15, 0.2) is 0 Å². The van der Waals surface area contributed by atoms with Gasteiger partial charge < -0.3 is 5.32 Å². The molecule has 1 aromatic heterocycles. The van der Waals surface area contributed by atoms with Crippen LogP contribution in [0.5, 0.6) is 0 Å². The highest BCUT2D eigenvalue weighted by Crippen LogP contribution is 2.24. The minimum atomic E-state index is -3.44. The van der Waals surface area contributed by atoms with Crippen LogP contribution in [0.3, 0.4) is 0 Å². The summed E-state index contributed by atoms with van der Waals surface area (Å²) in [4.78, 5) is 12.8. The number of hydrogen-bond donors (Lipinski definition) is 1. The van der Waals surface area contributed by atoms with Crippen LogP contribution in [0.1, 0.15) is 10.4 Å². The minimum Gasteiger partial charge on any atom is -0.351 e. The van der Waals surface area contributed by atoms with Crippen molar-refractivity contribution >= 4 is 50.5 Å². The fourth-order valence-corrected chi connectivity index (χ4v) is 4.80. The molecule has 1 amide bonds. The van der Waals surface area contributed by atoms with Crippen molar-refractivity contribution in [3.63, 3.8) is 0 Å². The molecule has 0 saturated heterocycles. The second-order valence-corrected chi connectivity index (χ2v) is 9.59. The smallest absolute Gasteiger partial charge is 0.252 e. The van der Waals surface area contributed by atoms with Gasteiger partial charge in [0.1, 0.15) is 4.21 Å². The third-order valence-electron chi connectivity index (χ3n) is 3.20. The summed E-state index contributed by atoms with van der Waals surface area (Å²) in [6, 6.07) is 8.20. The molecule has 0 saturated carbocycles. The van der Waals surface area contributed by atoms with Crippen molar-refractivity contribution < 1.29 is 13.2 Å². The summed E-state index contributed by atoms with van der Waals surface area (Å²) in [7, 11) is -0.487. The quantitative estimate of drug-likeness (QED) is 0.800. The van der Waals surface area contributed by atoms with Gasteiger partial charge in [0.2, 0.25) is 5.91 Å². The molecular formula is C15H16Cl2N2O3S2. The molecule has 0 aliphatic rings. The topological polar surface area (TPSA) is 66.5 Å². The molecular weight excluding hydrogens is 391 g/mol. The van der Waals surface area contributed by atoms with Crippen molar-refractivity contribution in [2.75, 3.05) is 14.1 Å². The molecule has 1 heterocycles. The van der Waals surface area contributed by atoms with Crippen molar-refractivity contribution in [3.8, 4) is 0 Å². The van der Waals surface area contributed by atoms with E-state index in [9.17, 15) is 13.2 Å². The van der Waals surface area contributed by atoms with Gasteiger partial charge >= 0.3 is 0 Å². The number of thiophene rings is 1. The first-order valence-electron chi connectivity index (χ1n) is 6.92. The third-order valence-corrected chi connectivity index (χ3v) is 7.15. The van der Waals surface area contributed by atoms with Gasteiger partial charge in [-0.1, -0.05) is 29.3 Å². The molecule has 0 spiro atoms. The number of carbonyl (C=O) groups excluding carboxylic acids is 1. The first-order valence-corrected chi connectivity index (χ1v) is 9.93. The van der Waals surface area contributed by atoms with E-state index in [1.165, 1.54) is 20.2 Å². The van der Waals surface area contributed by atoms with Crippen LogP contribution in [0.4, 0.5) is 0 Å². The summed E-state index contributed by atoms with van der Waals surface area (Å²) in [5.41, 5.74) is 0.681. The van der Waals surface area contributed by atoms with Crippen LogP contribution in [-0.4, -0.2) is 32.7 Å². The minimum absolute atomic E-state index is 0.129. The first kappa shape index (κ1) is 19.2. The van der Waals surface area contributed by atoms with Crippen LogP contribution in [0.2, 0.25) is 10.0 Å². The van der Waals surface area contributed by atoms with Crippen molar-refractivity contribution in [1.82, 2.24) is 9.62 Å². The van der Waals surface area contributed by atoms with Gasteiger partial charge in [-0.2, -0.15) is 0 Å². The van der Waals surface area contributed by atoms with Gasteiger partial charge in [0.05, 0.1) is 13.0 Å². The first-order chi connectivity index (χ1) is 11.2. The Kier molecular flexibility index (Phi) is 6.28. The summed E-state index contributed by atoms with van der Waals surface area (Å²) in [5.74, 6) is -0.204. The number of hydrogen-bond acceptors (Lipinski definition) is 4.